The summed E-state index contributed by atoms with van der Waals surface area (Å²) in [6, 6.07) is 23.1. The summed E-state index contributed by atoms with van der Waals surface area (Å²) >= 11 is 3.35. The van der Waals surface area contributed by atoms with Crippen molar-refractivity contribution in [3.63, 3.8) is 0 Å². The predicted octanol–water partition coefficient (Wildman–Crippen LogP) is 12.0. The van der Waals surface area contributed by atoms with Crippen molar-refractivity contribution >= 4 is 49.8 Å². The average molecular weight is 996 g/mol. The van der Waals surface area contributed by atoms with Crippen LogP contribution in [0.5, 0.6) is 5.75 Å². The minimum absolute atomic E-state index is 0. The Labute approximate surface area is 385 Å². The summed E-state index contributed by atoms with van der Waals surface area (Å²) in [7, 11) is -8.31. The monoisotopic (exact) mass is 994 g/mol. The zero-order chi connectivity index (χ0) is 50.6. The normalized spacial score (nSPS) is 20.9. The molecule has 0 radical (unpaired) electrons. The second-order valence-corrected chi connectivity index (χ2v) is 19.1. The highest BCUT2D eigenvalue weighted by Gasteiger charge is 2.65. The van der Waals surface area contributed by atoms with E-state index in [4.69, 9.17) is 20.3 Å². The number of hydrogen-bond donors (Lipinski definition) is 1. The summed E-state index contributed by atoms with van der Waals surface area (Å²) < 4.78 is 106. The van der Waals surface area contributed by atoms with Gasteiger partial charge < -0.3 is 33.6 Å². The minimum Gasteiger partial charge on any atom is -0.495 e. The lowest BCUT2D eigenvalue weighted by atomic mass is 9.75. The first kappa shape index (κ1) is 45.0. The van der Waals surface area contributed by atoms with Crippen LogP contribution in [-0.4, -0.2) is 77.2 Å². The molecule has 2 fully saturated rings. The molecule has 1 N–H and O–H groups in total. The average Bonchev–Trinajstić information content (AvgIpc) is 4.07. The molecule has 350 valence electrons. The van der Waals surface area contributed by atoms with Gasteiger partial charge in [-0.2, -0.15) is 0 Å². The van der Waals surface area contributed by atoms with Crippen LogP contribution in [0.4, 0.5) is 19.4 Å². The van der Waals surface area contributed by atoms with E-state index < -0.39 is 39.2 Å². The Hall–Kier alpha value is -5.56. The standard InChI is InChI=1S/C28H29F5N4O4S.C11H12O3.C7H7Br.4H2/c1-19-14-36(18-34-19)24-8-3-20(12-25(24)39-2)11-21-13-27(9-10-40-17-27)15-37-26(21)35-41-28(37,16-38)22-4-6-23(7-5-22)42(29,30,31,32)33;1-3-14-11(13)10(12)9-6-4-8(2)5-7-9;1-6-2-4-7(8)5-3-6;;;;/h3-8,11-12,14,18,38H,9-10,13,15-17H2,1-2H3;4-7H,3H2,1-2H3;2-5H,1H3;4*1H/b21-11+;;;;;;/i;;;2*1+2T;2*1+2. The van der Waals surface area contributed by atoms with Crippen molar-refractivity contribution in [1.82, 2.24) is 14.5 Å². The van der Waals surface area contributed by atoms with Gasteiger partial charge in [0.05, 0.1) is 38.0 Å². The fourth-order valence-corrected chi connectivity index (χ4v) is 8.33. The highest BCUT2D eigenvalue weighted by Crippen LogP contribution is 3.02. The topological polar surface area (TPSA) is 125 Å². The number of esters is 1. The van der Waals surface area contributed by atoms with Crippen LogP contribution >= 0.6 is 26.2 Å². The summed E-state index contributed by atoms with van der Waals surface area (Å²) in [6.45, 7) is 8.34. The van der Waals surface area contributed by atoms with E-state index >= 15 is 0 Å². The number of aliphatic hydroxyl groups is 1. The molecule has 5 aromatic rings. The summed E-state index contributed by atoms with van der Waals surface area (Å²) in [5, 5.41) is 14.8. The van der Waals surface area contributed by atoms with E-state index in [1.54, 1.807) is 49.5 Å². The number of ether oxygens (including phenoxy) is 3. The number of carbonyl (C=O) groups excluding carboxylic acids is 2. The second-order valence-electron chi connectivity index (χ2n) is 15.7. The lowest BCUT2D eigenvalue weighted by molar-refractivity contribution is -0.146. The molecule has 0 aliphatic carbocycles. The molecule has 4 heterocycles. The van der Waals surface area contributed by atoms with Crippen molar-refractivity contribution < 1.29 is 62.0 Å². The van der Waals surface area contributed by atoms with Crippen molar-refractivity contribution in [3.05, 3.63) is 147 Å². The van der Waals surface area contributed by atoms with E-state index in [0.29, 0.717) is 61.9 Å². The molecule has 1 spiro atoms. The molecule has 18 heteroatoms. The van der Waals surface area contributed by atoms with Crippen molar-refractivity contribution in [3.8, 4) is 11.4 Å². The number of amidine groups is 1. The van der Waals surface area contributed by atoms with Crippen LogP contribution in [0, 0.1) is 26.2 Å². The number of hydrogen-bond acceptors (Lipinski definition) is 10. The molecule has 2 unspecified atom stereocenters. The minimum atomic E-state index is -9.88. The molecule has 2 atom stereocenters. The van der Waals surface area contributed by atoms with Crippen molar-refractivity contribution in [2.24, 2.45) is 10.6 Å². The van der Waals surface area contributed by atoms with Crippen LogP contribution in [-0.2, 0) is 24.8 Å². The summed E-state index contributed by atoms with van der Waals surface area (Å²) in [5.41, 5.74) is 3.88. The van der Waals surface area contributed by atoms with Crippen LogP contribution in [0.1, 0.15) is 66.9 Å². The molecule has 2 saturated heterocycles. The molecule has 4 aromatic carbocycles. The fourth-order valence-electron chi connectivity index (χ4n) is 7.42. The van der Waals surface area contributed by atoms with Crippen LogP contribution in [0.3, 0.4) is 0 Å². The largest absolute Gasteiger partial charge is 0.495 e. The number of methoxy groups -OCH3 is 1. The van der Waals surface area contributed by atoms with E-state index in [1.165, 1.54) is 5.56 Å². The van der Waals surface area contributed by atoms with Crippen molar-refractivity contribution in [2.45, 2.75) is 51.2 Å². The molecule has 3 aliphatic heterocycles. The maximum absolute atomic E-state index is 13.4. The Bertz CT molecular complexity index is 2560. The van der Waals surface area contributed by atoms with Gasteiger partial charge in [0, 0.05) is 49.2 Å². The number of imidazole rings is 1. The van der Waals surface area contributed by atoms with Crippen molar-refractivity contribution in [2.75, 3.05) is 40.1 Å². The molecular formula is C46H56BrF5N4O7S. The maximum Gasteiger partial charge on any atom is 0.379 e. The number of halogens is 6. The summed E-state index contributed by atoms with van der Waals surface area (Å²) in [6.07, 6.45) is 6.76. The number of oxime groups is 1. The highest BCUT2D eigenvalue weighted by atomic mass is 79.9. The molecule has 3 aliphatic rings. The van der Waals surface area contributed by atoms with Gasteiger partial charge in [-0.25, -0.2) is 9.78 Å². The smallest absolute Gasteiger partial charge is 0.379 e. The third kappa shape index (κ3) is 11.0. The Kier molecular flexibility index (Phi) is 12.8. The number of aromatic nitrogens is 2. The number of aryl methyl sites for hydroxylation is 3. The SMILES string of the molecule is CCOC(=O)C(=O)c1ccc(C)cc1.COc1cc(/C=C2\CC3(CCOC3)CN3C2=NOC3(CO)c2ccc(S(F)(F)(F)(F)F)cc2)ccc1-n1cnc(C)c1.Cc1ccc(Br)cc1.[3HH].[3HH].[3H][3H].[3H][3H]. The first-order chi connectivity index (χ1) is 32.1. The van der Waals surface area contributed by atoms with Crippen LogP contribution in [0.25, 0.3) is 11.8 Å². The van der Waals surface area contributed by atoms with Gasteiger partial charge in [0.1, 0.15) is 17.3 Å². The molecule has 11 nitrogen and oxygen atoms in total. The number of aliphatic hydroxyl groups excluding tert-OH is 1. The Morgan fingerprint density at radius 2 is 1.62 bits per heavy atom. The van der Waals surface area contributed by atoms with E-state index in [-0.39, 0.29) is 20.4 Å². The van der Waals surface area contributed by atoms with Gasteiger partial charge >= 0.3 is 16.2 Å². The molecular weight excluding hydrogens is 927 g/mol. The second kappa shape index (κ2) is 18.1. The molecule has 64 heavy (non-hydrogen) atoms. The number of piperidine rings is 1. The Morgan fingerprint density at radius 1 is 0.969 bits per heavy atom. The third-order valence-corrected chi connectivity index (χ3v) is 12.5. The van der Waals surface area contributed by atoms with E-state index in [1.807, 2.05) is 61.0 Å². The number of ketones is 1. The fraction of sp³-hybridized carbons (Fsp3) is 0.304. The maximum atomic E-state index is 13.4. The Morgan fingerprint density at radius 3 is 2.16 bits per heavy atom. The first-order valence-corrected chi connectivity index (χ1v) is 22.8. The quantitative estimate of drug-likeness (QED) is 0.0665. The van der Waals surface area contributed by atoms with Gasteiger partial charge in [0.15, 0.2) is 5.84 Å². The van der Waals surface area contributed by atoms with Crippen LogP contribution in [0.2, 0.25) is 0 Å². The lowest BCUT2D eigenvalue weighted by Gasteiger charge is -2.46. The van der Waals surface area contributed by atoms with Crippen molar-refractivity contribution in [1.29, 1.82) is 0 Å². The number of nitrogens with zero attached hydrogens (tertiary/aromatic N) is 4. The molecule has 0 bridgehead atoms. The highest BCUT2D eigenvalue weighted by molar-refractivity contribution is 9.10. The summed E-state index contributed by atoms with van der Waals surface area (Å²) in [5.74, 6) is -0.387. The van der Waals surface area contributed by atoms with Gasteiger partial charge in [-0.15, -0.1) is 0 Å². The molecule has 8 rings (SSSR count). The van der Waals surface area contributed by atoms with E-state index in [9.17, 15) is 34.1 Å². The number of Topliss-reactive ketones (excluding diaryl/α,β-unsaturated/α-hetero) is 1. The van der Waals surface area contributed by atoms with Gasteiger partial charge in [0.2, 0.25) is 0 Å². The number of carbonyl (C=O) groups is 2. The predicted molar refractivity (Wildman–Crippen MR) is 247 cm³/mol. The Balaban J connectivity index is 0.000000494. The van der Waals surface area contributed by atoms with Crippen LogP contribution < -0.4 is 4.74 Å². The molecule has 1 aromatic heterocycles. The summed E-state index contributed by atoms with van der Waals surface area (Å²) in [4.78, 5) is 32.2. The van der Waals surface area contributed by atoms with Gasteiger partial charge in [-0.3, -0.25) is 4.79 Å². The number of benzene rings is 4. The molecule has 0 saturated carbocycles. The van der Waals surface area contributed by atoms with Gasteiger partial charge in [-0.1, -0.05) is 106 Å². The van der Waals surface area contributed by atoms with Crippen LogP contribution in [0.15, 0.2) is 124 Å². The van der Waals surface area contributed by atoms with E-state index in [2.05, 4.69) is 49.9 Å². The molecule has 0 amide bonds. The van der Waals surface area contributed by atoms with Gasteiger partial charge in [-0.05, 0) is 94.1 Å². The first-order valence-electron chi connectivity index (χ1n) is 22.1. The zero-order valence-corrected chi connectivity index (χ0v) is 38.1. The zero-order valence-electron chi connectivity index (χ0n) is 39.7. The van der Waals surface area contributed by atoms with E-state index in [0.717, 1.165) is 44.7 Å². The number of rotatable bonds is 9. The number of fused-ring (bicyclic) bond motifs is 1. The van der Waals surface area contributed by atoms with Gasteiger partial charge in [0.25, 0.3) is 11.5 Å². The lowest BCUT2D eigenvalue weighted by Crippen LogP contribution is -2.56. The third-order valence-electron chi connectivity index (χ3n) is 10.8.